The average molecular weight is 439 g/mol. The Bertz CT molecular complexity index is 1250. The zero-order valence-electron chi connectivity index (χ0n) is 17.5. The van der Waals surface area contributed by atoms with E-state index in [1.54, 1.807) is 24.3 Å². The summed E-state index contributed by atoms with van der Waals surface area (Å²) in [4.78, 5) is 2.06. The van der Waals surface area contributed by atoms with Crippen molar-refractivity contribution < 1.29 is 22.3 Å². The van der Waals surface area contributed by atoms with Gasteiger partial charge in [0, 0.05) is 6.54 Å². The fraction of sp³-hybridized carbons (Fsp3) is 0.231. The second-order valence-corrected chi connectivity index (χ2v) is 8.18. The Kier molecular flexibility index (Phi) is 5.16. The summed E-state index contributed by atoms with van der Waals surface area (Å²) in [6.45, 7) is 2.81. The molecule has 1 heterocycles. The SMILES string of the molecule is CCCCCCN1c2cc3cc(F)c(F)cc3cc2Oc2cc3cc(F)c(F)cc3cc21. The van der Waals surface area contributed by atoms with Crippen molar-refractivity contribution in [3.63, 3.8) is 0 Å². The van der Waals surface area contributed by atoms with Crippen molar-refractivity contribution in [3.05, 3.63) is 71.8 Å². The Balaban J connectivity index is 1.66. The Morgan fingerprint density at radius 3 is 1.47 bits per heavy atom. The Labute approximate surface area is 183 Å². The number of ether oxygens (including phenoxy) is 1. The Hall–Kier alpha value is -3.28. The highest BCUT2D eigenvalue weighted by Gasteiger charge is 2.26. The van der Waals surface area contributed by atoms with Crippen LogP contribution in [-0.2, 0) is 0 Å². The number of hydrogen-bond donors (Lipinski definition) is 0. The van der Waals surface area contributed by atoms with Crippen molar-refractivity contribution in [1.82, 2.24) is 0 Å². The summed E-state index contributed by atoms with van der Waals surface area (Å²) in [5.41, 5.74) is 1.46. The molecular weight excluding hydrogens is 418 g/mol. The molecular formula is C26H21F4NO. The third kappa shape index (κ3) is 3.53. The summed E-state index contributed by atoms with van der Waals surface area (Å²) < 4.78 is 61.4. The molecule has 164 valence electrons. The standard InChI is InChI=1S/C26H21F4NO/c1-2-3-4-5-6-31-23-11-15-7-19(27)21(29)9-17(15)13-25(23)32-26-14-18-10-22(30)20(28)8-16(18)12-24(26)31/h7-14H,2-6H2,1H3. The van der Waals surface area contributed by atoms with Gasteiger partial charge in [0.25, 0.3) is 0 Å². The Morgan fingerprint density at radius 2 is 1.03 bits per heavy atom. The molecule has 0 saturated carbocycles. The molecule has 0 unspecified atom stereocenters. The van der Waals surface area contributed by atoms with Crippen LogP contribution in [0.5, 0.6) is 11.5 Å². The van der Waals surface area contributed by atoms with E-state index < -0.39 is 23.3 Å². The summed E-state index contributed by atoms with van der Waals surface area (Å²) >= 11 is 0. The quantitative estimate of drug-likeness (QED) is 0.229. The molecule has 6 heteroatoms. The van der Waals surface area contributed by atoms with Crippen LogP contribution in [0.1, 0.15) is 32.6 Å². The topological polar surface area (TPSA) is 12.5 Å². The highest BCUT2D eigenvalue weighted by Crippen LogP contribution is 2.49. The fourth-order valence-corrected chi connectivity index (χ4v) is 4.29. The molecule has 2 nitrogen and oxygen atoms in total. The zero-order valence-corrected chi connectivity index (χ0v) is 17.5. The van der Waals surface area contributed by atoms with Crippen LogP contribution < -0.4 is 9.64 Å². The van der Waals surface area contributed by atoms with E-state index in [0.717, 1.165) is 49.2 Å². The largest absolute Gasteiger partial charge is 0.453 e. The lowest BCUT2D eigenvalue weighted by atomic mass is 10.0. The van der Waals surface area contributed by atoms with Gasteiger partial charge in [0.1, 0.15) is 0 Å². The van der Waals surface area contributed by atoms with Crippen LogP contribution in [0.15, 0.2) is 48.5 Å². The van der Waals surface area contributed by atoms with Gasteiger partial charge < -0.3 is 9.64 Å². The Morgan fingerprint density at radius 1 is 0.594 bits per heavy atom. The second kappa shape index (κ2) is 8.01. The summed E-state index contributed by atoms with van der Waals surface area (Å²) in [5.74, 6) is -2.65. The van der Waals surface area contributed by atoms with E-state index in [9.17, 15) is 17.6 Å². The molecule has 0 N–H and O–H groups in total. The van der Waals surface area contributed by atoms with E-state index in [1.165, 1.54) is 12.1 Å². The maximum atomic E-state index is 13.9. The molecule has 4 aromatic carbocycles. The summed E-state index contributed by atoms with van der Waals surface area (Å²) in [5, 5.41) is 2.15. The minimum Gasteiger partial charge on any atom is -0.453 e. The minimum atomic E-state index is -0.923. The van der Waals surface area contributed by atoms with Crippen LogP contribution in [-0.4, -0.2) is 6.54 Å². The maximum absolute atomic E-state index is 13.9. The van der Waals surface area contributed by atoms with Crippen LogP contribution in [0.25, 0.3) is 21.5 Å². The lowest BCUT2D eigenvalue weighted by Gasteiger charge is -2.33. The van der Waals surface area contributed by atoms with E-state index in [4.69, 9.17) is 4.74 Å². The maximum Gasteiger partial charge on any atom is 0.159 e. The van der Waals surface area contributed by atoms with Crippen molar-refractivity contribution >= 4 is 32.9 Å². The van der Waals surface area contributed by atoms with Gasteiger partial charge in [-0.05, 0) is 76.5 Å². The predicted molar refractivity (Wildman–Crippen MR) is 119 cm³/mol. The van der Waals surface area contributed by atoms with Gasteiger partial charge in [-0.25, -0.2) is 17.6 Å². The molecule has 0 spiro atoms. The molecule has 32 heavy (non-hydrogen) atoms. The first-order valence-electron chi connectivity index (χ1n) is 10.8. The molecule has 0 atom stereocenters. The van der Waals surface area contributed by atoms with Gasteiger partial charge in [0.2, 0.25) is 0 Å². The fourth-order valence-electron chi connectivity index (χ4n) is 4.29. The molecule has 4 aromatic rings. The van der Waals surface area contributed by atoms with Gasteiger partial charge in [-0.15, -0.1) is 0 Å². The molecule has 0 aliphatic carbocycles. The number of unbranched alkanes of at least 4 members (excludes halogenated alkanes) is 3. The monoisotopic (exact) mass is 439 g/mol. The van der Waals surface area contributed by atoms with Crippen molar-refractivity contribution in [2.45, 2.75) is 32.6 Å². The molecule has 1 aliphatic rings. The normalized spacial score (nSPS) is 12.7. The van der Waals surface area contributed by atoms with Crippen LogP contribution in [0.3, 0.4) is 0 Å². The van der Waals surface area contributed by atoms with E-state index in [-0.39, 0.29) is 0 Å². The van der Waals surface area contributed by atoms with Gasteiger partial charge in [-0.1, -0.05) is 26.2 Å². The number of anilines is 2. The van der Waals surface area contributed by atoms with Crippen molar-refractivity contribution in [2.24, 2.45) is 0 Å². The van der Waals surface area contributed by atoms with Gasteiger partial charge >= 0.3 is 0 Å². The highest BCUT2D eigenvalue weighted by atomic mass is 19.2. The third-order valence-electron chi connectivity index (χ3n) is 5.95. The molecule has 1 aliphatic heterocycles. The molecule has 0 bridgehead atoms. The molecule has 0 amide bonds. The number of nitrogens with zero attached hydrogens (tertiary/aromatic N) is 1. The number of halogens is 4. The number of fused-ring (bicyclic) bond motifs is 4. The predicted octanol–water partition coefficient (Wildman–Crippen LogP) is 8.37. The highest BCUT2D eigenvalue weighted by molar-refractivity contribution is 5.96. The van der Waals surface area contributed by atoms with E-state index in [2.05, 4.69) is 11.8 Å². The van der Waals surface area contributed by atoms with Gasteiger partial charge in [-0.2, -0.15) is 0 Å². The van der Waals surface area contributed by atoms with Crippen LogP contribution in [0.4, 0.5) is 28.9 Å². The second-order valence-electron chi connectivity index (χ2n) is 8.18. The van der Waals surface area contributed by atoms with Crippen molar-refractivity contribution in [3.8, 4) is 11.5 Å². The van der Waals surface area contributed by atoms with Crippen LogP contribution in [0.2, 0.25) is 0 Å². The minimum absolute atomic E-state index is 0.508. The van der Waals surface area contributed by atoms with E-state index >= 15 is 0 Å². The van der Waals surface area contributed by atoms with Crippen molar-refractivity contribution in [2.75, 3.05) is 11.4 Å². The van der Waals surface area contributed by atoms with E-state index in [1.807, 2.05) is 0 Å². The third-order valence-corrected chi connectivity index (χ3v) is 5.95. The molecule has 0 saturated heterocycles. The summed E-state index contributed by atoms with van der Waals surface area (Å²) in [6.07, 6.45) is 4.16. The zero-order chi connectivity index (χ0) is 22.4. The number of rotatable bonds is 5. The van der Waals surface area contributed by atoms with E-state index in [0.29, 0.717) is 39.6 Å². The molecule has 5 rings (SSSR count). The van der Waals surface area contributed by atoms with Crippen molar-refractivity contribution in [1.29, 1.82) is 0 Å². The van der Waals surface area contributed by atoms with Gasteiger partial charge in [0.15, 0.2) is 34.8 Å². The first-order valence-corrected chi connectivity index (χ1v) is 10.8. The number of benzene rings is 4. The molecule has 0 radical (unpaired) electrons. The summed E-state index contributed by atoms with van der Waals surface area (Å²) in [7, 11) is 0. The van der Waals surface area contributed by atoms with Gasteiger partial charge in [-0.3, -0.25) is 0 Å². The average Bonchev–Trinajstić information content (AvgIpc) is 2.76. The van der Waals surface area contributed by atoms with Crippen LogP contribution in [0, 0.1) is 23.3 Å². The van der Waals surface area contributed by atoms with Crippen LogP contribution >= 0.6 is 0 Å². The first kappa shape index (κ1) is 20.6. The lowest BCUT2D eigenvalue weighted by molar-refractivity contribution is 0.473. The smallest absolute Gasteiger partial charge is 0.159 e. The van der Waals surface area contributed by atoms with Gasteiger partial charge in [0.05, 0.1) is 11.4 Å². The number of hydrogen-bond acceptors (Lipinski definition) is 2. The summed E-state index contributed by atoms with van der Waals surface area (Å²) in [6, 6.07) is 11.6. The molecule has 0 fully saturated rings. The lowest BCUT2D eigenvalue weighted by Crippen LogP contribution is -2.22. The first-order chi connectivity index (χ1) is 15.4. The molecule has 0 aromatic heterocycles.